The zero-order valence-electron chi connectivity index (χ0n) is 10.3. The third-order valence-electron chi connectivity index (χ3n) is 2.81. The van der Waals surface area contributed by atoms with Crippen molar-refractivity contribution in [3.05, 3.63) is 38.9 Å². The molecule has 2 rings (SSSR count). The zero-order chi connectivity index (χ0) is 13.7. The van der Waals surface area contributed by atoms with Gasteiger partial charge in [0.2, 0.25) is 0 Å². The number of halogens is 1. The lowest BCUT2D eigenvalue weighted by atomic mass is 10.2. The van der Waals surface area contributed by atoms with Gasteiger partial charge in [-0.15, -0.1) is 0 Å². The molecule has 0 saturated carbocycles. The molecule has 1 fully saturated rings. The van der Waals surface area contributed by atoms with E-state index in [0.717, 1.165) is 18.7 Å². The average molecular weight is 287 g/mol. The van der Waals surface area contributed by atoms with E-state index in [1.54, 1.807) is 6.07 Å². The van der Waals surface area contributed by atoms with E-state index in [-0.39, 0.29) is 11.8 Å². The van der Waals surface area contributed by atoms with Crippen LogP contribution in [0.1, 0.15) is 5.56 Å². The van der Waals surface area contributed by atoms with Crippen LogP contribution in [0.25, 0.3) is 0 Å². The van der Waals surface area contributed by atoms with Crippen molar-refractivity contribution in [3.63, 3.8) is 0 Å². The number of rotatable bonds is 5. The van der Waals surface area contributed by atoms with Crippen molar-refractivity contribution in [3.8, 4) is 0 Å². The molecule has 1 aromatic rings. The lowest BCUT2D eigenvalue weighted by Crippen LogP contribution is -2.40. The van der Waals surface area contributed by atoms with Crippen LogP contribution in [0.4, 0.5) is 5.69 Å². The second-order valence-corrected chi connectivity index (χ2v) is 4.65. The van der Waals surface area contributed by atoms with Gasteiger partial charge in [0.25, 0.3) is 5.69 Å². The Bertz CT molecular complexity index is 449. The Balaban J connectivity index is 1.83. The normalized spacial score (nSPS) is 19.3. The summed E-state index contributed by atoms with van der Waals surface area (Å²) in [6, 6.07) is 4.36. The molecule has 1 aliphatic heterocycles. The molecule has 1 N–H and O–H groups in total. The lowest BCUT2D eigenvalue weighted by Gasteiger charge is -2.23. The number of nitro benzene ring substituents is 1. The zero-order valence-corrected chi connectivity index (χ0v) is 11.1. The maximum atomic E-state index is 10.6. The molecule has 1 aliphatic rings. The average Bonchev–Trinajstić information content (AvgIpc) is 2.41. The van der Waals surface area contributed by atoms with Crippen LogP contribution in [0.3, 0.4) is 0 Å². The Morgan fingerprint density at radius 2 is 2.42 bits per heavy atom. The van der Waals surface area contributed by atoms with Crippen molar-refractivity contribution >= 4 is 17.3 Å². The maximum Gasteiger partial charge on any atom is 0.270 e. The summed E-state index contributed by atoms with van der Waals surface area (Å²) >= 11 is 5.97. The topological polar surface area (TPSA) is 73.6 Å². The number of ether oxygens (including phenoxy) is 2. The number of nitro groups is 1. The summed E-state index contributed by atoms with van der Waals surface area (Å²) in [5.74, 6) is 0. The van der Waals surface area contributed by atoms with Crippen LogP contribution in [0.2, 0.25) is 5.02 Å². The summed E-state index contributed by atoms with van der Waals surface area (Å²) in [6.07, 6.45) is 0.0468. The number of hydrogen-bond donors (Lipinski definition) is 1. The van der Waals surface area contributed by atoms with Crippen LogP contribution >= 0.6 is 11.6 Å². The predicted octanol–water partition coefficient (Wildman–Crippen LogP) is 1.75. The fourth-order valence-corrected chi connectivity index (χ4v) is 2.02. The summed E-state index contributed by atoms with van der Waals surface area (Å²) < 4.78 is 11.0. The summed E-state index contributed by atoms with van der Waals surface area (Å²) in [5, 5.41) is 14.1. The summed E-state index contributed by atoms with van der Waals surface area (Å²) in [7, 11) is 0. The van der Waals surface area contributed by atoms with Gasteiger partial charge in [-0.1, -0.05) is 11.6 Å². The number of nitrogens with one attached hydrogen (secondary N) is 1. The molecule has 1 saturated heterocycles. The van der Waals surface area contributed by atoms with Crippen LogP contribution in [0, 0.1) is 10.1 Å². The Morgan fingerprint density at radius 1 is 1.58 bits per heavy atom. The first-order chi connectivity index (χ1) is 9.16. The molecule has 0 aliphatic carbocycles. The first-order valence-corrected chi connectivity index (χ1v) is 6.37. The van der Waals surface area contributed by atoms with Gasteiger partial charge in [0.1, 0.15) is 0 Å². The minimum Gasteiger partial charge on any atom is -0.374 e. The number of nitrogens with zero attached hydrogens (tertiary/aromatic N) is 1. The Hall–Kier alpha value is -1.21. The van der Waals surface area contributed by atoms with Gasteiger partial charge in [-0.2, -0.15) is 0 Å². The molecule has 0 bridgehead atoms. The van der Waals surface area contributed by atoms with Crippen molar-refractivity contribution in [2.24, 2.45) is 0 Å². The summed E-state index contributed by atoms with van der Waals surface area (Å²) in [5.41, 5.74) is 0.713. The molecule has 0 amide bonds. The Morgan fingerprint density at radius 3 is 3.05 bits per heavy atom. The minimum atomic E-state index is -0.474. The van der Waals surface area contributed by atoms with E-state index in [2.05, 4.69) is 5.32 Å². The van der Waals surface area contributed by atoms with Crippen molar-refractivity contribution in [1.82, 2.24) is 5.32 Å². The molecule has 0 aromatic heterocycles. The smallest absolute Gasteiger partial charge is 0.270 e. The molecular weight excluding hydrogens is 272 g/mol. The quantitative estimate of drug-likeness (QED) is 0.659. The van der Waals surface area contributed by atoms with E-state index >= 15 is 0 Å². The van der Waals surface area contributed by atoms with E-state index in [1.807, 2.05) is 0 Å². The SMILES string of the molecule is O=[N+]([O-])c1ccc(COCC2CNCCO2)c(Cl)c1. The molecule has 0 spiro atoms. The minimum absolute atomic E-state index is 0.0198. The lowest BCUT2D eigenvalue weighted by molar-refractivity contribution is -0.384. The Labute approximate surface area is 115 Å². The van der Waals surface area contributed by atoms with Crippen molar-refractivity contribution < 1.29 is 14.4 Å². The van der Waals surface area contributed by atoms with Crippen LogP contribution < -0.4 is 5.32 Å². The van der Waals surface area contributed by atoms with E-state index in [9.17, 15) is 10.1 Å². The highest BCUT2D eigenvalue weighted by Crippen LogP contribution is 2.23. The molecular formula is C12H15ClN2O4. The van der Waals surface area contributed by atoms with Crippen molar-refractivity contribution in [2.45, 2.75) is 12.7 Å². The van der Waals surface area contributed by atoms with E-state index in [4.69, 9.17) is 21.1 Å². The van der Waals surface area contributed by atoms with Crippen molar-refractivity contribution in [1.29, 1.82) is 0 Å². The molecule has 19 heavy (non-hydrogen) atoms. The fourth-order valence-electron chi connectivity index (χ4n) is 1.79. The summed E-state index contributed by atoms with van der Waals surface area (Å²) in [4.78, 5) is 10.1. The third kappa shape index (κ3) is 4.14. The number of hydrogen-bond acceptors (Lipinski definition) is 5. The van der Waals surface area contributed by atoms with E-state index in [1.165, 1.54) is 12.1 Å². The highest BCUT2D eigenvalue weighted by molar-refractivity contribution is 6.31. The third-order valence-corrected chi connectivity index (χ3v) is 3.17. The van der Waals surface area contributed by atoms with Gasteiger partial charge in [0.05, 0.1) is 35.9 Å². The van der Waals surface area contributed by atoms with Crippen LogP contribution in [0.15, 0.2) is 18.2 Å². The molecule has 1 atom stereocenters. The van der Waals surface area contributed by atoms with Crippen molar-refractivity contribution in [2.75, 3.05) is 26.3 Å². The number of non-ortho nitro benzene ring substituents is 1. The van der Waals surface area contributed by atoms with Gasteiger partial charge in [-0.05, 0) is 11.6 Å². The standard InChI is InChI=1S/C12H15ClN2O4/c13-12-5-10(15(16)17)2-1-9(12)7-18-8-11-6-14-3-4-19-11/h1-2,5,11,14H,3-4,6-8H2. The van der Waals surface area contributed by atoms with E-state index < -0.39 is 4.92 Å². The second-order valence-electron chi connectivity index (χ2n) is 4.24. The molecule has 104 valence electrons. The van der Waals surface area contributed by atoms with Crippen LogP contribution in [0.5, 0.6) is 0 Å². The van der Waals surface area contributed by atoms with Crippen LogP contribution in [-0.2, 0) is 16.1 Å². The molecule has 6 nitrogen and oxygen atoms in total. The second kappa shape index (κ2) is 6.81. The van der Waals surface area contributed by atoms with Crippen LogP contribution in [-0.4, -0.2) is 37.3 Å². The highest BCUT2D eigenvalue weighted by atomic mass is 35.5. The highest BCUT2D eigenvalue weighted by Gasteiger charge is 2.14. The summed E-state index contributed by atoms with van der Waals surface area (Å²) in [6.45, 7) is 3.11. The molecule has 1 unspecified atom stereocenters. The van der Waals surface area contributed by atoms with Gasteiger partial charge in [0, 0.05) is 25.2 Å². The monoisotopic (exact) mass is 286 g/mol. The number of morpholine rings is 1. The molecule has 1 heterocycles. The largest absolute Gasteiger partial charge is 0.374 e. The van der Waals surface area contributed by atoms with Gasteiger partial charge in [-0.25, -0.2) is 0 Å². The first kappa shape index (κ1) is 14.2. The van der Waals surface area contributed by atoms with Gasteiger partial charge >= 0.3 is 0 Å². The van der Waals surface area contributed by atoms with Gasteiger partial charge < -0.3 is 14.8 Å². The predicted molar refractivity (Wildman–Crippen MR) is 70.4 cm³/mol. The van der Waals surface area contributed by atoms with Gasteiger partial charge in [-0.3, -0.25) is 10.1 Å². The van der Waals surface area contributed by atoms with E-state index in [0.29, 0.717) is 24.8 Å². The van der Waals surface area contributed by atoms with Gasteiger partial charge in [0.15, 0.2) is 0 Å². The molecule has 0 radical (unpaired) electrons. The molecule has 1 aromatic carbocycles. The maximum absolute atomic E-state index is 10.6. The molecule has 7 heteroatoms. The fraction of sp³-hybridized carbons (Fsp3) is 0.500. The number of benzene rings is 1. The Kier molecular flexibility index (Phi) is 5.09. The first-order valence-electron chi connectivity index (χ1n) is 5.99.